The van der Waals surface area contributed by atoms with Gasteiger partial charge in [-0.1, -0.05) is 12.1 Å². The second kappa shape index (κ2) is 8.86. The van der Waals surface area contributed by atoms with Gasteiger partial charge in [-0.15, -0.1) is 0 Å². The van der Waals surface area contributed by atoms with Gasteiger partial charge in [0.15, 0.2) is 0 Å². The largest absolute Gasteiger partial charge is 0.492 e. The highest BCUT2D eigenvalue weighted by molar-refractivity contribution is 6.05. The van der Waals surface area contributed by atoms with E-state index in [1.165, 1.54) is 0 Å². The number of fused-ring (bicyclic) bond motifs is 1. The van der Waals surface area contributed by atoms with Crippen LogP contribution in [0, 0.1) is 0 Å². The third kappa shape index (κ3) is 4.54. The van der Waals surface area contributed by atoms with Gasteiger partial charge in [0.1, 0.15) is 30.0 Å². The molecule has 2 aromatic carbocycles. The first-order chi connectivity index (χ1) is 14.6. The summed E-state index contributed by atoms with van der Waals surface area (Å²) in [7, 11) is 0. The van der Waals surface area contributed by atoms with E-state index in [9.17, 15) is 4.79 Å². The third-order valence-corrected chi connectivity index (χ3v) is 4.77. The standard InChI is InChI=1S/C24H24N2O4/c1-3-28-23-12-19-10-16(2)30-22(19)13-21(23)26-24(27)18-7-4-8-20(11-18)29-15-17-6-5-9-25-14-17/h4-9,11-14,16H,3,10,15H2,1-2H3,(H,26,27). The average Bonchev–Trinajstić information content (AvgIpc) is 3.12. The van der Waals surface area contributed by atoms with Crippen molar-refractivity contribution in [2.24, 2.45) is 0 Å². The van der Waals surface area contributed by atoms with Crippen molar-refractivity contribution in [2.75, 3.05) is 11.9 Å². The number of nitrogens with one attached hydrogen (secondary N) is 1. The van der Waals surface area contributed by atoms with Gasteiger partial charge in [0, 0.05) is 41.6 Å². The van der Waals surface area contributed by atoms with Crippen molar-refractivity contribution in [3.63, 3.8) is 0 Å². The molecule has 1 atom stereocenters. The van der Waals surface area contributed by atoms with E-state index in [1.54, 1.807) is 30.6 Å². The number of benzene rings is 2. The maximum absolute atomic E-state index is 12.9. The highest BCUT2D eigenvalue weighted by Gasteiger charge is 2.23. The number of ether oxygens (including phenoxy) is 3. The summed E-state index contributed by atoms with van der Waals surface area (Å²) in [6.07, 6.45) is 4.42. The molecule has 3 aromatic rings. The zero-order valence-electron chi connectivity index (χ0n) is 17.1. The van der Waals surface area contributed by atoms with Crippen LogP contribution in [0.1, 0.15) is 35.3 Å². The van der Waals surface area contributed by atoms with E-state index in [2.05, 4.69) is 10.3 Å². The van der Waals surface area contributed by atoms with Gasteiger partial charge in [-0.2, -0.15) is 0 Å². The number of nitrogens with zero attached hydrogens (tertiary/aromatic N) is 1. The Morgan fingerprint density at radius 2 is 2.10 bits per heavy atom. The molecule has 1 aromatic heterocycles. The molecule has 0 saturated heterocycles. The van der Waals surface area contributed by atoms with Gasteiger partial charge in [-0.05, 0) is 44.2 Å². The maximum Gasteiger partial charge on any atom is 0.255 e. The molecule has 1 aliphatic heterocycles. The van der Waals surface area contributed by atoms with Crippen LogP contribution in [-0.4, -0.2) is 23.6 Å². The number of amides is 1. The summed E-state index contributed by atoms with van der Waals surface area (Å²) in [5.74, 6) is 1.80. The van der Waals surface area contributed by atoms with Crippen molar-refractivity contribution in [2.45, 2.75) is 33.0 Å². The van der Waals surface area contributed by atoms with Gasteiger partial charge < -0.3 is 19.5 Å². The Morgan fingerprint density at radius 3 is 2.90 bits per heavy atom. The lowest BCUT2D eigenvalue weighted by Crippen LogP contribution is -2.13. The zero-order valence-corrected chi connectivity index (χ0v) is 17.1. The summed E-state index contributed by atoms with van der Waals surface area (Å²) in [6.45, 7) is 4.83. The zero-order chi connectivity index (χ0) is 20.9. The van der Waals surface area contributed by atoms with Crippen molar-refractivity contribution in [3.8, 4) is 17.2 Å². The van der Waals surface area contributed by atoms with E-state index in [-0.39, 0.29) is 12.0 Å². The van der Waals surface area contributed by atoms with E-state index >= 15 is 0 Å². The van der Waals surface area contributed by atoms with Crippen LogP contribution >= 0.6 is 0 Å². The van der Waals surface area contributed by atoms with Gasteiger partial charge in [0.2, 0.25) is 0 Å². The van der Waals surface area contributed by atoms with Crippen LogP contribution in [0.4, 0.5) is 5.69 Å². The van der Waals surface area contributed by atoms with Gasteiger partial charge >= 0.3 is 0 Å². The molecule has 1 N–H and O–H groups in total. The van der Waals surface area contributed by atoms with Crippen LogP contribution in [-0.2, 0) is 13.0 Å². The fourth-order valence-electron chi connectivity index (χ4n) is 3.38. The number of anilines is 1. The van der Waals surface area contributed by atoms with Crippen molar-refractivity contribution in [1.29, 1.82) is 0 Å². The molecule has 0 fully saturated rings. The monoisotopic (exact) mass is 404 g/mol. The Bertz CT molecular complexity index is 1040. The molecule has 0 saturated carbocycles. The first-order valence-electron chi connectivity index (χ1n) is 10.0. The van der Waals surface area contributed by atoms with Crippen molar-refractivity contribution in [1.82, 2.24) is 4.98 Å². The quantitative estimate of drug-likeness (QED) is 0.621. The van der Waals surface area contributed by atoms with Gasteiger partial charge in [0.05, 0.1) is 12.3 Å². The smallest absolute Gasteiger partial charge is 0.255 e. The number of carbonyl (C=O) groups is 1. The molecular weight excluding hydrogens is 380 g/mol. The molecule has 4 rings (SSSR count). The molecule has 30 heavy (non-hydrogen) atoms. The molecule has 0 aliphatic carbocycles. The fourth-order valence-corrected chi connectivity index (χ4v) is 3.38. The lowest BCUT2D eigenvalue weighted by Gasteiger charge is -2.14. The molecule has 0 bridgehead atoms. The normalized spacial score (nSPS) is 14.5. The number of aromatic nitrogens is 1. The highest BCUT2D eigenvalue weighted by Crippen LogP contribution is 2.38. The van der Waals surface area contributed by atoms with Crippen LogP contribution < -0.4 is 19.5 Å². The Balaban J connectivity index is 1.49. The Kier molecular flexibility index (Phi) is 5.84. The molecule has 1 aliphatic rings. The summed E-state index contributed by atoms with van der Waals surface area (Å²) < 4.78 is 17.4. The number of rotatable bonds is 7. The van der Waals surface area contributed by atoms with Gasteiger partial charge in [0.25, 0.3) is 5.91 Å². The molecule has 6 nitrogen and oxygen atoms in total. The predicted octanol–water partition coefficient (Wildman–Crippen LogP) is 4.64. The van der Waals surface area contributed by atoms with E-state index < -0.39 is 0 Å². The van der Waals surface area contributed by atoms with Crippen LogP contribution in [0.5, 0.6) is 17.2 Å². The maximum atomic E-state index is 12.9. The lowest BCUT2D eigenvalue weighted by molar-refractivity contribution is 0.102. The second-order valence-corrected chi connectivity index (χ2v) is 7.15. The van der Waals surface area contributed by atoms with Gasteiger partial charge in [-0.25, -0.2) is 0 Å². The molecule has 1 unspecified atom stereocenters. The molecule has 6 heteroatoms. The number of hydrogen-bond donors (Lipinski definition) is 1. The summed E-state index contributed by atoms with van der Waals surface area (Å²) in [4.78, 5) is 17.0. The Hall–Kier alpha value is -3.54. The summed E-state index contributed by atoms with van der Waals surface area (Å²) in [5, 5.41) is 2.95. The minimum atomic E-state index is -0.242. The molecular formula is C24H24N2O4. The lowest BCUT2D eigenvalue weighted by atomic mass is 10.1. The second-order valence-electron chi connectivity index (χ2n) is 7.15. The highest BCUT2D eigenvalue weighted by atomic mass is 16.5. The van der Waals surface area contributed by atoms with Crippen molar-refractivity contribution >= 4 is 11.6 Å². The van der Waals surface area contributed by atoms with Crippen LogP contribution in [0.3, 0.4) is 0 Å². The van der Waals surface area contributed by atoms with Crippen LogP contribution in [0.25, 0.3) is 0 Å². The van der Waals surface area contributed by atoms with Crippen LogP contribution in [0.2, 0.25) is 0 Å². The first kappa shape index (κ1) is 19.8. The van der Waals surface area contributed by atoms with E-state index in [0.717, 1.165) is 23.3 Å². The number of pyridine rings is 1. The van der Waals surface area contributed by atoms with Gasteiger partial charge in [-0.3, -0.25) is 9.78 Å². The molecule has 2 heterocycles. The Labute approximate surface area is 175 Å². The average molecular weight is 404 g/mol. The summed E-state index contributed by atoms with van der Waals surface area (Å²) in [5.41, 5.74) is 3.14. The third-order valence-electron chi connectivity index (χ3n) is 4.77. The van der Waals surface area contributed by atoms with Crippen LogP contribution in [0.15, 0.2) is 60.9 Å². The molecule has 0 spiro atoms. The fraction of sp³-hybridized carbons (Fsp3) is 0.250. The molecule has 154 valence electrons. The number of carbonyl (C=O) groups excluding carboxylic acids is 1. The van der Waals surface area contributed by atoms with E-state index in [0.29, 0.717) is 36.0 Å². The van der Waals surface area contributed by atoms with E-state index in [4.69, 9.17) is 14.2 Å². The number of hydrogen-bond acceptors (Lipinski definition) is 5. The predicted molar refractivity (Wildman–Crippen MR) is 114 cm³/mol. The minimum Gasteiger partial charge on any atom is -0.492 e. The van der Waals surface area contributed by atoms with E-state index in [1.807, 2.05) is 44.2 Å². The first-order valence-corrected chi connectivity index (χ1v) is 10.0. The van der Waals surface area contributed by atoms with Crippen molar-refractivity contribution < 1.29 is 19.0 Å². The molecule has 1 amide bonds. The summed E-state index contributed by atoms with van der Waals surface area (Å²) in [6, 6.07) is 14.7. The van der Waals surface area contributed by atoms with Crippen molar-refractivity contribution in [3.05, 3.63) is 77.6 Å². The minimum absolute atomic E-state index is 0.120. The Morgan fingerprint density at radius 1 is 1.20 bits per heavy atom. The molecule has 0 radical (unpaired) electrons. The summed E-state index contributed by atoms with van der Waals surface area (Å²) >= 11 is 0. The SMILES string of the molecule is CCOc1cc2c(cc1NC(=O)c1cccc(OCc3cccnc3)c1)OC(C)C2. The topological polar surface area (TPSA) is 69.7 Å².